The Kier molecular flexibility index (Phi) is 8.61. The molecule has 0 aliphatic rings. The van der Waals surface area contributed by atoms with Crippen LogP contribution in [-0.2, 0) is 4.79 Å². The molecule has 1 heterocycles. The average molecular weight is 460 g/mol. The van der Waals surface area contributed by atoms with Crippen molar-refractivity contribution >= 4 is 53.2 Å². The number of H-pyrrole nitrogens is 1. The van der Waals surface area contributed by atoms with Gasteiger partial charge in [-0.1, -0.05) is 13.8 Å². The molecule has 4 N–H and O–H groups in total. The van der Waals surface area contributed by atoms with Crippen LogP contribution in [0, 0.1) is 19.7 Å². The van der Waals surface area contributed by atoms with E-state index in [1.807, 2.05) is 0 Å². The highest BCUT2D eigenvalue weighted by molar-refractivity contribution is 6.46. The molecule has 7 nitrogen and oxygen atoms in total. The van der Waals surface area contributed by atoms with Gasteiger partial charge in [0.2, 0.25) is 6.41 Å². The number of nitrogens with one attached hydrogen (secondary N) is 3. The van der Waals surface area contributed by atoms with Crippen LogP contribution in [0.2, 0.25) is 0 Å². The van der Waals surface area contributed by atoms with Gasteiger partial charge in [-0.15, -0.1) is 0 Å². The molecule has 0 saturated carbocycles. The first-order valence-corrected chi connectivity index (χ1v) is 10.8. The van der Waals surface area contributed by atoms with Crippen LogP contribution in [0.15, 0.2) is 18.2 Å². The van der Waals surface area contributed by atoms with E-state index in [-0.39, 0.29) is 5.56 Å². The number of carbonyl (C=O) groups is 2. The molecule has 0 spiro atoms. The van der Waals surface area contributed by atoms with Gasteiger partial charge in [-0.3, -0.25) is 14.5 Å². The Bertz CT molecular complexity index is 1100. The van der Waals surface area contributed by atoms with E-state index in [2.05, 4.69) is 15.6 Å². The molecule has 34 heavy (non-hydrogen) atoms. The summed E-state index contributed by atoms with van der Waals surface area (Å²) in [4.78, 5) is 28.6. The summed E-state index contributed by atoms with van der Waals surface area (Å²) in [5.74, 6) is -1.08. The zero-order valence-electron chi connectivity index (χ0n) is 20.1. The fourth-order valence-electron chi connectivity index (χ4n) is 3.90. The number of aryl methyl sites for hydroxylation is 1. The van der Waals surface area contributed by atoms with E-state index in [1.165, 1.54) is 23.1 Å². The molecular formula is C23H28B3FN4O3. The first kappa shape index (κ1) is 27.5. The molecule has 1 aromatic heterocycles. The summed E-state index contributed by atoms with van der Waals surface area (Å²) in [5, 5.41) is 13.6. The maximum Gasteiger partial charge on any atom is 0.252 e. The molecule has 2 rings (SSSR count). The summed E-state index contributed by atoms with van der Waals surface area (Å²) in [6, 6.07) is 4.02. The number of aromatic nitrogens is 1. The summed E-state index contributed by atoms with van der Waals surface area (Å²) in [7, 11) is 18.1. The second-order valence-corrected chi connectivity index (χ2v) is 8.16. The van der Waals surface area contributed by atoms with Crippen LogP contribution in [0.4, 0.5) is 10.1 Å². The van der Waals surface area contributed by atoms with Crippen LogP contribution >= 0.6 is 0 Å². The Morgan fingerprint density at radius 3 is 2.41 bits per heavy atom. The van der Waals surface area contributed by atoms with Crippen LogP contribution in [0.3, 0.4) is 0 Å². The zero-order valence-corrected chi connectivity index (χ0v) is 20.1. The van der Waals surface area contributed by atoms with Gasteiger partial charge in [-0.25, -0.2) is 4.39 Å². The van der Waals surface area contributed by atoms with Crippen LogP contribution in [-0.4, -0.2) is 74.9 Å². The second kappa shape index (κ2) is 10.7. The number of nitrogens with zero attached hydrogens (tertiary/aromatic N) is 1. The van der Waals surface area contributed by atoms with Crippen molar-refractivity contribution in [3.05, 3.63) is 52.1 Å². The number of hydrogen-bond donors (Lipinski definition) is 4. The topological polar surface area (TPSA) is 97.5 Å². The third-order valence-electron chi connectivity index (χ3n) is 5.86. The van der Waals surface area contributed by atoms with Gasteiger partial charge in [0.05, 0.1) is 26.9 Å². The highest BCUT2D eigenvalue weighted by atomic mass is 19.1. The van der Waals surface area contributed by atoms with Gasteiger partial charge < -0.3 is 20.7 Å². The number of likely N-dealkylation sites (N-methyl/N-ethyl adjacent to an activating group) is 1. The van der Waals surface area contributed by atoms with Crippen molar-refractivity contribution in [2.45, 2.75) is 45.6 Å². The van der Waals surface area contributed by atoms with Crippen LogP contribution < -0.4 is 10.6 Å². The number of allylic oxidation sites excluding steroid dienone is 1. The number of hydrogen-bond acceptors (Lipinski definition) is 4. The van der Waals surface area contributed by atoms with Crippen molar-refractivity contribution in [1.82, 2.24) is 15.2 Å². The molecule has 0 bridgehead atoms. The Balaban J connectivity index is 2.42. The highest BCUT2D eigenvalue weighted by Crippen LogP contribution is 2.29. The van der Waals surface area contributed by atoms with Gasteiger partial charge in [0, 0.05) is 22.6 Å². The monoisotopic (exact) mass is 460 g/mol. The van der Waals surface area contributed by atoms with Crippen molar-refractivity contribution < 1.29 is 19.1 Å². The van der Waals surface area contributed by atoms with Gasteiger partial charge in [-0.05, 0) is 74.6 Å². The van der Waals surface area contributed by atoms with Crippen LogP contribution in [0.5, 0.6) is 0 Å². The maximum atomic E-state index is 13.8. The molecule has 0 saturated heterocycles. The number of aromatic amines is 1. The lowest BCUT2D eigenvalue weighted by molar-refractivity contribution is -0.105. The first-order valence-electron chi connectivity index (χ1n) is 10.8. The maximum absolute atomic E-state index is 13.8. The summed E-state index contributed by atoms with van der Waals surface area (Å²) in [6.45, 7) is 9.43. The average Bonchev–Trinajstić information content (AvgIpc) is 3.02. The second-order valence-electron chi connectivity index (χ2n) is 8.16. The van der Waals surface area contributed by atoms with Gasteiger partial charge in [0.1, 0.15) is 13.7 Å². The smallest absolute Gasteiger partial charge is 0.252 e. The number of anilines is 1. The van der Waals surface area contributed by atoms with E-state index in [0.717, 1.165) is 0 Å². The predicted octanol–water partition coefficient (Wildman–Crippen LogP) is 1.78. The van der Waals surface area contributed by atoms with E-state index in [4.69, 9.17) is 23.5 Å². The molecule has 11 heteroatoms. The summed E-state index contributed by atoms with van der Waals surface area (Å²) < 4.78 is 13.8. The molecule has 1 aromatic carbocycles. The summed E-state index contributed by atoms with van der Waals surface area (Å²) in [5.41, 5.74) is 1.34. The predicted molar refractivity (Wildman–Crippen MR) is 135 cm³/mol. The molecular weight excluding hydrogens is 432 g/mol. The third kappa shape index (κ3) is 5.47. The zero-order chi connectivity index (χ0) is 25.8. The molecule has 0 aliphatic heterocycles. The quantitative estimate of drug-likeness (QED) is 0.247. The van der Waals surface area contributed by atoms with Crippen LogP contribution in [0.25, 0.3) is 11.6 Å². The fourth-order valence-corrected chi connectivity index (χ4v) is 3.90. The Labute approximate surface area is 203 Å². The van der Waals surface area contributed by atoms with E-state index < -0.39 is 22.7 Å². The molecule has 1 atom stereocenters. The fraction of sp³-hybridized carbons (Fsp3) is 0.391. The van der Waals surface area contributed by atoms with E-state index >= 15 is 0 Å². The highest BCUT2D eigenvalue weighted by Gasteiger charge is 2.42. The largest absolute Gasteiger partial charge is 0.384 e. The summed E-state index contributed by atoms with van der Waals surface area (Å²) >= 11 is 0. The standard InChI is InChI=1S/C23H28B3FN4O3/c1-6-31(7-2)23(26,34)22(24,25)30-21(33)20-14(4)19(29-15(20)5)10-13(3)17-11-16(27)8-9-18(17)28-12-32/h8-12,29,34H,6-7H2,1-5H3,(H,28,32)(H,30,33)/b13-10+. The van der Waals surface area contributed by atoms with Crippen molar-refractivity contribution in [2.24, 2.45) is 0 Å². The molecule has 1 unspecified atom stereocenters. The van der Waals surface area contributed by atoms with Gasteiger partial charge in [0.15, 0.2) is 0 Å². The third-order valence-corrected chi connectivity index (χ3v) is 5.86. The molecule has 2 aromatic rings. The number of carbonyl (C=O) groups excluding carboxylic acids is 2. The van der Waals surface area contributed by atoms with Gasteiger partial charge in [0.25, 0.3) is 5.91 Å². The van der Waals surface area contributed by atoms with Crippen molar-refractivity contribution in [3.8, 4) is 0 Å². The SMILES string of the molecule is [B]C([B])(NC(=O)c1c(C)[nH]c(/C=C(\C)c2cc(F)ccc2NC=O)c1C)C([B])(O)N(CC)CC. The Hall–Kier alpha value is -2.78. The Morgan fingerprint density at radius 2 is 1.85 bits per heavy atom. The minimum atomic E-state index is -2.21. The molecule has 0 fully saturated rings. The van der Waals surface area contributed by atoms with Crippen molar-refractivity contribution in [2.75, 3.05) is 18.4 Å². The van der Waals surface area contributed by atoms with Crippen LogP contribution in [0.1, 0.15) is 53.6 Å². The van der Waals surface area contributed by atoms with E-state index in [9.17, 15) is 19.1 Å². The molecule has 174 valence electrons. The lowest BCUT2D eigenvalue weighted by Crippen LogP contribution is -2.72. The number of halogens is 1. The summed E-state index contributed by atoms with van der Waals surface area (Å²) in [6.07, 6.45) is 2.25. The Morgan fingerprint density at radius 1 is 1.24 bits per heavy atom. The van der Waals surface area contributed by atoms with Gasteiger partial charge in [-0.2, -0.15) is 0 Å². The van der Waals surface area contributed by atoms with Crippen molar-refractivity contribution in [3.63, 3.8) is 0 Å². The van der Waals surface area contributed by atoms with E-state index in [0.29, 0.717) is 53.3 Å². The molecule has 0 aliphatic carbocycles. The first-order chi connectivity index (χ1) is 15.8. The number of amides is 2. The number of aliphatic hydroxyl groups is 1. The molecule has 6 radical (unpaired) electrons. The van der Waals surface area contributed by atoms with Gasteiger partial charge >= 0.3 is 0 Å². The van der Waals surface area contributed by atoms with Crippen molar-refractivity contribution in [1.29, 1.82) is 0 Å². The lowest BCUT2D eigenvalue weighted by atomic mass is 9.49. The number of benzene rings is 1. The minimum Gasteiger partial charge on any atom is -0.384 e. The van der Waals surface area contributed by atoms with E-state index in [1.54, 1.807) is 40.7 Å². The normalized spacial score (nSPS) is 14.1. The number of rotatable bonds is 10. The molecule has 2 amide bonds. The lowest BCUT2D eigenvalue weighted by Gasteiger charge is -2.49. The minimum absolute atomic E-state index is 0.278.